The number of nitrogens with one attached hydrogen (secondary N) is 1. The lowest BCUT2D eigenvalue weighted by Crippen LogP contribution is -2.42. The third kappa shape index (κ3) is 2.25. The van der Waals surface area contributed by atoms with Gasteiger partial charge in [0.2, 0.25) is 5.91 Å². The van der Waals surface area contributed by atoms with Crippen LogP contribution in [0.5, 0.6) is 0 Å². The minimum atomic E-state index is -1.15. The number of allylic oxidation sites excluding steroid dienone is 4. The molecule has 0 radical (unpaired) electrons. The molecule has 0 aromatic heterocycles. The molecule has 0 spiro atoms. The summed E-state index contributed by atoms with van der Waals surface area (Å²) in [5.41, 5.74) is 2.82. The van der Waals surface area contributed by atoms with Gasteiger partial charge in [0.25, 0.3) is 0 Å². The van der Waals surface area contributed by atoms with E-state index in [1.165, 1.54) is 0 Å². The van der Waals surface area contributed by atoms with Crippen molar-refractivity contribution in [3.63, 3.8) is 0 Å². The maximum absolute atomic E-state index is 12.6. The highest BCUT2D eigenvalue weighted by atomic mass is 16.4. The first kappa shape index (κ1) is 14.6. The van der Waals surface area contributed by atoms with Crippen molar-refractivity contribution >= 4 is 17.6 Å². The number of carbonyl (C=O) groups excluding carboxylic acids is 2. The van der Waals surface area contributed by atoms with Crippen molar-refractivity contribution in [2.75, 3.05) is 5.32 Å². The molecule has 4 atom stereocenters. The van der Waals surface area contributed by atoms with Crippen LogP contribution in [0.25, 0.3) is 0 Å². The number of hydrogen-bond acceptors (Lipinski definition) is 3. The first-order valence-corrected chi connectivity index (χ1v) is 7.43. The van der Waals surface area contributed by atoms with E-state index in [9.17, 15) is 14.7 Å². The van der Waals surface area contributed by atoms with Crippen LogP contribution in [0, 0.1) is 23.7 Å². The van der Waals surface area contributed by atoms with Crippen molar-refractivity contribution in [1.29, 1.82) is 0 Å². The predicted molar refractivity (Wildman–Crippen MR) is 81.6 cm³/mol. The molecular formula is C18H18NO3-. The number of hydrogen-bond donors (Lipinski definition) is 1. The molecule has 0 saturated heterocycles. The Morgan fingerprint density at radius 3 is 2.14 bits per heavy atom. The second kappa shape index (κ2) is 5.44. The Kier molecular flexibility index (Phi) is 3.61. The van der Waals surface area contributed by atoms with E-state index in [1.807, 2.05) is 44.2 Å². The molecule has 114 valence electrons. The van der Waals surface area contributed by atoms with Gasteiger partial charge < -0.3 is 15.2 Å². The number of carbonyl (C=O) groups is 2. The molecule has 1 N–H and O–H groups in total. The molecule has 3 rings (SSSR count). The van der Waals surface area contributed by atoms with Gasteiger partial charge in [-0.2, -0.15) is 0 Å². The Morgan fingerprint density at radius 1 is 1.00 bits per heavy atom. The lowest BCUT2D eigenvalue weighted by Gasteiger charge is -2.27. The molecule has 1 fully saturated rings. The summed E-state index contributed by atoms with van der Waals surface area (Å²) in [4.78, 5) is 24.2. The standard InChI is InChI=1S/C18H19NO3/c1-10(2)14-12-8-9-13(14)16(18(21)22)15(12)17(20)19-11-6-4-3-5-7-11/h3-9,12-13,15-16H,1-2H3,(H,19,20)(H,21,22)/p-1/t12-,13-,15+,16-/m0/s1. The van der Waals surface area contributed by atoms with E-state index in [1.54, 1.807) is 12.1 Å². The molecule has 0 unspecified atom stereocenters. The van der Waals surface area contributed by atoms with Gasteiger partial charge in [-0.3, -0.25) is 4.79 Å². The first-order chi connectivity index (χ1) is 10.5. The molecule has 2 aliphatic rings. The summed E-state index contributed by atoms with van der Waals surface area (Å²) in [6.45, 7) is 3.93. The average Bonchev–Trinajstić information content (AvgIpc) is 3.03. The van der Waals surface area contributed by atoms with Crippen LogP contribution in [0.4, 0.5) is 5.69 Å². The van der Waals surface area contributed by atoms with E-state index < -0.39 is 17.8 Å². The molecule has 0 heterocycles. The lowest BCUT2D eigenvalue weighted by atomic mass is 9.82. The number of fused-ring (bicyclic) bond motifs is 2. The Labute approximate surface area is 129 Å². The molecule has 4 heteroatoms. The van der Waals surface area contributed by atoms with Gasteiger partial charge in [0.15, 0.2) is 0 Å². The molecule has 1 aromatic rings. The first-order valence-electron chi connectivity index (χ1n) is 7.43. The highest BCUT2D eigenvalue weighted by Gasteiger charge is 2.52. The van der Waals surface area contributed by atoms with E-state index in [4.69, 9.17) is 0 Å². The van der Waals surface area contributed by atoms with Gasteiger partial charge in [0.1, 0.15) is 0 Å². The van der Waals surface area contributed by atoms with Crippen LogP contribution in [0.15, 0.2) is 53.6 Å². The number of aliphatic carboxylic acids is 1. The van der Waals surface area contributed by atoms with Crippen LogP contribution in [-0.2, 0) is 9.59 Å². The molecular weight excluding hydrogens is 278 g/mol. The Hall–Kier alpha value is -2.36. The minimum absolute atomic E-state index is 0.137. The fourth-order valence-corrected chi connectivity index (χ4v) is 3.78. The van der Waals surface area contributed by atoms with Crippen LogP contribution in [-0.4, -0.2) is 11.9 Å². The summed E-state index contributed by atoms with van der Waals surface area (Å²) in [6, 6.07) is 9.09. The van der Waals surface area contributed by atoms with Crippen LogP contribution in [0.3, 0.4) is 0 Å². The molecule has 4 nitrogen and oxygen atoms in total. The van der Waals surface area contributed by atoms with E-state index in [-0.39, 0.29) is 17.7 Å². The largest absolute Gasteiger partial charge is 0.550 e. The molecule has 22 heavy (non-hydrogen) atoms. The summed E-state index contributed by atoms with van der Waals surface area (Å²) in [5.74, 6) is -3.15. The highest BCUT2D eigenvalue weighted by Crippen LogP contribution is 2.53. The summed E-state index contributed by atoms with van der Waals surface area (Å²) in [6.07, 6.45) is 3.86. The Balaban J connectivity index is 1.92. The van der Waals surface area contributed by atoms with Crippen molar-refractivity contribution in [2.45, 2.75) is 13.8 Å². The minimum Gasteiger partial charge on any atom is -0.550 e. The van der Waals surface area contributed by atoms with Gasteiger partial charge in [-0.05, 0) is 26.0 Å². The zero-order valence-electron chi connectivity index (χ0n) is 12.6. The van der Waals surface area contributed by atoms with Gasteiger partial charge in [-0.1, -0.05) is 41.5 Å². The third-order valence-electron chi connectivity index (χ3n) is 4.60. The van der Waals surface area contributed by atoms with E-state index in [0.29, 0.717) is 5.69 Å². The zero-order chi connectivity index (χ0) is 15.9. The lowest BCUT2D eigenvalue weighted by molar-refractivity contribution is -0.313. The highest BCUT2D eigenvalue weighted by molar-refractivity contribution is 5.97. The zero-order valence-corrected chi connectivity index (χ0v) is 12.6. The van der Waals surface area contributed by atoms with Crippen LogP contribution in [0.1, 0.15) is 13.8 Å². The summed E-state index contributed by atoms with van der Waals surface area (Å²) in [7, 11) is 0. The van der Waals surface area contributed by atoms with Crippen molar-refractivity contribution in [3.8, 4) is 0 Å². The number of anilines is 1. The quantitative estimate of drug-likeness (QED) is 0.864. The van der Waals surface area contributed by atoms with Crippen molar-refractivity contribution < 1.29 is 14.7 Å². The topological polar surface area (TPSA) is 69.2 Å². The van der Waals surface area contributed by atoms with Gasteiger partial charge >= 0.3 is 0 Å². The number of carboxylic acid groups (broad SMARTS) is 1. The van der Waals surface area contributed by atoms with Crippen LogP contribution < -0.4 is 10.4 Å². The van der Waals surface area contributed by atoms with Crippen molar-refractivity contribution in [3.05, 3.63) is 53.6 Å². The molecule has 0 aliphatic heterocycles. The average molecular weight is 296 g/mol. The number of benzene rings is 1. The molecule has 2 aliphatic carbocycles. The van der Waals surface area contributed by atoms with E-state index in [2.05, 4.69) is 5.32 Å². The summed E-state index contributed by atoms with van der Waals surface area (Å²) in [5, 5.41) is 14.4. The maximum Gasteiger partial charge on any atom is 0.229 e. The van der Waals surface area contributed by atoms with Gasteiger partial charge in [-0.25, -0.2) is 0 Å². The molecule has 1 saturated carbocycles. The Bertz CT molecular complexity index is 671. The monoisotopic (exact) mass is 296 g/mol. The molecule has 1 aromatic carbocycles. The smallest absolute Gasteiger partial charge is 0.229 e. The second-order valence-electron chi connectivity index (χ2n) is 6.12. The fourth-order valence-electron chi connectivity index (χ4n) is 3.78. The third-order valence-corrected chi connectivity index (χ3v) is 4.60. The number of amides is 1. The number of para-hydroxylation sites is 1. The van der Waals surface area contributed by atoms with Crippen molar-refractivity contribution in [1.82, 2.24) is 0 Å². The van der Waals surface area contributed by atoms with E-state index >= 15 is 0 Å². The number of rotatable bonds is 3. The second-order valence-corrected chi connectivity index (χ2v) is 6.12. The van der Waals surface area contributed by atoms with Crippen LogP contribution >= 0.6 is 0 Å². The van der Waals surface area contributed by atoms with Crippen LogP contribution in [0.2, 0.25) is 0 Å². The Morgan fingerprint density at radius 2 is 1.59 bits per heavy atom. The van der Waals surface area contributed by atoms with Gasteiger partial charge in [0, 0.05) is 29.4 Å². The normalized spacial score (nSPS) is 28.7. The molecule has 1 amide bonds. The fraction of sp³-hybridized carbons (Fsp3) is 0.333. The van der Waals surface area contributed by atoms with Crippen molar-refractivity contribution in [2.24, 2.45) is 23.7 Å². The van der Waals surface area contributed by atoms with Gasteiger partial charge in [-0.15, -0.1) is 0 Å². The maximum atomic E-state index is 12.6. The molecule has 2 bridgehead atoms. The number of carboxylic acids is 1. The van der Waals surface area contributed by atoms with Gasteiger partial charge in [0.05, 0.1) is 5.92 Å². The SMILES string of the molecule is CC(C)=C1[C@@H]2C=C[C@@H]1[C@@H](C(=O)Nc1ccccc1)[C@H]2C(=O)[O-]. The summed E-state index contributed by atoms with van der Waals surface area (Å²) >= 11 is 0. The summed E-state index contributed by atoms with van der Waals surface area (Å²) < 4.78 is 0. The predicted octanol–water partition coefficient (Wildman–Crippen LogP) is 1.76. The van der Waals surface area contributed by atoms with E-state index in [0.717, 1.165) is 11.1 Å².